The molecule has 0 N–H and O–H groups in total. The first-order chi connectivity index (χ1) is 10.0. The van der Waals surface area contributed by atoms with Gasteiger partial charge in [0, 0.05) is 16.1 Å². The molecule has 4 heteroatoms. The van der Waals surface area contributed by atoms with Gasteiger partial charge in [0.15, 0.2) is 0 Å². The van der Waals surface area contributed by atoms with Gasteiger partial charge in [-0.2, -0.15) is 0 Å². The van der Waals surface area contributed by atoms with Crippen molar-refractivity contribution in [3.8, 4) is 0 Å². The third-order valence-electron chi connectivity index (χ3n) is 3.74. The normalized spacial score (nSPS) is 11.7. The van der Waals surface area contributed by atoms with Crippen molar-refractivity contribution in [2.24, 2.45) is 0 Å². The maximum absolute atomic E-state index is 13.7. The molecule has 0 spiro atoms. The molecule has 0 aromatic heterocycles. The number of benzene rings is 2. The molecule has 112 valence electrons. The summed E-state index contributed by atoms with van der Waals surface area (Å²) in [4.78, 5) is 0. The molecule has 0 unspecified atom stereocenters. The van der Waals surface area contributed by atoms with Crippen LogP contribution in [0.3, 0.4) is 0 Å². The Morgan fingerprint density at radius 1 is 1.05 bits per heavy atom. The zero-order chi connectivity index (χ0) is 15.5. The van der Waals surface area contributed by atoms with Crippen molar-refractivity contribution in [2.45, 2.75) is 18.8 Å². The van der Waals surface area contributed by atoms with Crippen molar-refractivity contribution in [1.29, 1.82) is 0 Å². The summed E-state index contributed by atoms with van der Waals surface area (Å²) in [5.41, 5.74) is 3.10. The fraction of sp³-hybridized carbons (Fsp3) is 0.294. The predicted molar refractivity (Wildman–Crippen MR) is 95.6 cm³/mol. The van der Waals surface area contributed by atoms with Gasteiger partial charge in [-0.3, -0.25) is 0 Å². The van der Waals surface area contributed by atoms with Crippen molar-refractivity contribution < 1.29 is 4.39 Å². The predicted octanol–water partition coefficient (Wildman–Crippen LogP) is 6.06. The van der Waals surface area contributed by atoms with Crippen molar-refractivity contribution in [3.63, 3.8) is 0 Å². The molecule has 0 aliphatic carbocycles. The SMILES string of the molecule is Cc1ccc(C(CBr)(CBr)Cc2cccc(F)c2Cl)cc1. The maximum atomic E-state index is 13.7. The van der Waals surface area contributed by atoms with Gasteiger partial charge in [0.1, 0.15) is 5.82 Å². The van der Waals surface area contributed by atoms with Gasteiger partial charge >= 0.3 is 0 Å². The summed E-state index contributed by atoms with van der Waals surface area (Å²) < 4.78 is 13.7. The highest BCUT2D eigenvalue weighted by Crippen LogP contribution is 2.35. The Kier molecular flexibility index (Phi) is 5.87. The zero-order valence-electron chi connectivity index (χ0n) is 11.7. The van der Waals surface area contributed by atoms with Crippen LogP contribution in [0.25, 0.3) is 0 Å². The van der Waals surface area contributed by atoms with Crippen molar-refractivity contribution in [1.82, 2.24) is 0 Å². The van der Waals surface area contributed by atoms with E-state index in [4.69, 9.17) is 11.6 Å². The molecule has 0 radical (unpaired) electrons. The molecule has 0 saturated carbocycles. The van der Waals surface area contributed by atoms with E-state index in [0.717, 1.165) is 16.2 Å². The molecular formula is C17H16Br2ClF. The topological polar surface area (TPSA) is 0 Å². The standard InChI is InChI=1S/C17H16Br2ClF/c1-12-5-7-14(8-6-12)17(10-18,11-19)9-13-3-2-4-15(21)16(13)20/h2-8H,9-11H2,1H3. The summed E-state index contributed by atoms with van der Waals surface area (Å²) in [6.07, 6.45) is 0.670. The molecule has 0 aliphatic rings. The third kappa shape index (κ3) is 3.69. The van der Waals surface area contributed by atoms with Gasteiger partial charge in [0.05, 0.1) is 5.02 Å². The molecule has 0 nitrogen and oxygen atoms in total. The summed E-state index contributed by atoms with van der Waals surface area (Å²) in [5.74, 6) is -0.365. The second-order valence-electron chi connectivity index (χ2n) is 5.30. The molecule has 2 aromatic rings. The largest absolute Gasteiger partial charge is 0.205 e. The number of alkyl halides is 2. The van der Waals surface area contributed by atoms with E-state index in [2.05, 4.69) is 63.0 Å². The van der Waals surface area contributed by atoms with E-state index >= 15 is 0 Å². The summed E-state index contributed by atoms with van der Waals surface area (Å²) >= 11 is 13.4. The molecule has 0 fully saturated rings. The van der Waals surface area contributed by atoms with Gasteiger partial charge in [-0.1, -0.05) is 85.4 Å². The van der Waals surface area contributed by atoms with Crippen LogP contribution in [0, 0.1) is 12.7 Å². The smallest absolute Gasteiger partial charge is 0.142 e. The molecule has 2 aromatic carbocycles. The first-order valence-corrected chi connectivity index (χ1v) is 9.26. The van der Waals surface area contributed by atoms with E-state index in [-0.39, 0.29) is 16.3 Å². The molecule has 2 rings (SSSR count). The Balaban J connectivity index is 2.43. The first kappa shape index (κ1) is 17.0. The third-order valence-corrected chi connectivity index (χ3v) is 6.31. The Morgan fingerprint density at radius 3 is 2.24 bits per heavy atom. The quantitative estimate of drug-likeness (QED) is 0.502. The van der Waals surface area contributed by atoms with Crippen LogP contribution in [0.4, 0.5) is 4.39 Å². The summed E-state index contributed by atoms with van der Waals surface area (Å²) in [6.45, 7) is 2.07. The van der Waals surface area contributed by atoms with Gasteiger partial charge in [0.2, 0.25) is 0 Å². The number of aryl methyl sites for hydroxylation is 1. The lowest BCUT2D eigenvalue weighted by Crippen LogP contribution is -2.33. The van der Waals surface area contributed by atoms with E-state index in [9.17, 15) is 4.39 Å². The van der Waals surface area contributed by atoms with Crippen LogP contribution in [0.15, 0.2) is 42.5 Å². The molecule has 21 heavy (non-hydrogen) atoms. The van der Waals surface area contributed by atoms with E-state index in [1.54, 1.807) is 6.07 Å². The van der Waals surface area contributed by atoms with Crippen LogP contribution < -0.4 is 0 Å². The first-order valence-electron chi connectivity index (χ1n) is 6.64. The lowest BCUT2D eigenvalue weighted by Gasteiger charge is -2.31. The molecule has 0 amide bonds. The Morgan fingerprint density at radius 2 is 1.67 bits per heavy atom. The molecule has 0 aliphatic heterocycles. The van der Waals surface area contributed by atoms with Crippen molar-refractivity contribution in [3.05, 3.63) is 70.0 Å². The van der Waals surface area contributed by atoms with E-state index in [1.165, 1.54) is 17.2 Å². The fourth-order valence-electron chi connectivity index (χ4n) is 2.34. The summed E-state index contributed by atoms with van der Waals surface area (Å²) in [7, 11) is 0. The number of hydrogen-bond acceptors (Lipinski definition) is 0. The van der Waals surface area contributed by atoms with Gasteiger partial charge in [-0.25, -0.2) is 4.39 Å². The highest BCUT2D eigenvalue weighted by atomic mass is 79.9. The number of rotatable bonds is 5. The fourth-order valence-corrected chi connectivity index (χ4v) is 4.51. The average molecular weight is 435 g/mol. The minimum Gasteiger partial charge on any atom is -0.205 e. The Hall–Kier alpha value is -0.380. The van der Waals surface area contributed by atoms with Crippen LogP contribution in [0.2, 0.25) is 5.02 Å². The van der Waals surface area contributed by atoms with E-state index in [0.29, 0.717) is 6.42 Å². The molecule has 0 heterocycles. The van der Waals surface area contributed by atoms with Gasteiger partial charge in [0.25, 0.3) is 0 Å². The van der Waals surface area contributed by atoms with Gasteiger partial charge in [-0.15, -0.1) is 0 Å². The summed E-state index contributed by atoms with van der Waals surface area (Å²) in [6, 6.07) is 13.4. The van der Waals surface area contributed by atoms with Crippen LogP contribution in [0.1, 0.15) is 16.7 Å². The average Bonchev–Trinajstić information content (AvgIpc) is 2.50. The van der Waals surface area contributed by atoms with Crippen LogP contribution >= 0.6 is 43.5 Å². The van der Waals surface area contributed by atoms with Crippen LogP contribution in [-0.2, 0) is 11.8 Å². The minimum atomic E-state index is -0.365. The second-order valence-corrected chi connectivity index (χ2v) is 6.80. The van der Waals surface area contributed by atoms with Crippen LogP contribution in [-0.4, -0.2) is 10.7 Å². The summed E-state index contributed by atoms with van der Waals surface area (Å²) in [5, 5.41) is 1.75. The van der Waals surface area contributed by atoms with E-state index < -0.39 is 0 Å². The van der Waals surface area contributed by atoms with Crippen molar-refractivity contribution >= 4 is 43.5 Å². The Labute approximate surface area is 147 Å². The second kappa shape index (κ2) is 7.26. The highest BCUT2D eigenvalue weighted by Gasteiger charge is 2.31. The lowest BCUT2D eigenvalue weighted by atomic mass is 9.79. The molecule has 0 bridgehead atoms. The van der Waals surface area contributed by atoms with Crippen LogP contribution in [0.5, 0.6) is 0 Å². The number of hydrogen-bond donors (Lipinski definition) is 0. The maximum Gasteiger partial charge on any atom is 0.142 e. The number of halogens is 4. The highest BCUT2D eigenvalue weighted by molar-refractivity contribution is 9.09. The van der Waals surface area contributed by atoms with Crippen molar-refractivity contribution in [2.75, 3.05) is 10.7 Å². The zero-order valence-corrected chi connectivity index (χ0v) is 15.6. The molecule has 0 atom stereocenters. The van der Waals surface area contributed by atoms with E-state index in [1.807, 2.05) is 6.07 Å². The lowest BCUT2D eigenvalue weighted by molar-refractivity contribution is 0.547. The van der Waals surface area contributed by atoms with Gasteiger partial charge < -0.3 is 0 Å². The Bertz CT molecular complexity index is 607. The molecular weight excluding hydrogens is 418 g/mol. The van der Waals surface area contributed by atoms with Gasteiger partial charge in [-0.05, 0) is 30.5 Å². The molecule has 0 saturated heterocycles. The minimum absolute atomic E-state index is 0.162. The monoisotopic (exact) mass is 432 g/mol.